The van der Waals surface area contributed by atoms with Crippen LogP contribution >= 0.6 is 11.6 Å². The van der Waals surface area contributed by atoms with Crippen LogP contribution in [-0.2, 0) is 9.59 Å². The molecule has 0 bridgehead atoms. The lowest BCUT2D eigenvalue weighted by Crippen LogP contribution is -2.29. The van der Waals surface area contributed by atoms with Gasteiger partial charge in [0, 0.05) is 16.3 Å². The minimum absolute atomic E-state index is 0.00847. The van der Waals surface area contributed by atoms with E-state index in [-0.39, 0.29) is 11.3 Å². The zero-order valence-corrected chi connectivity index (χ0v) is 20.3. The van der Waals surface area contributed by atoms with Crippen LogP contribution in [0.25, 0.3) is 5.76 Å². The second-order valence-corrected chi connectivity index (χ2v) is 8.46. The number of hydrogen-bond acceptors (Lipinski definition) is 5. The fourth-order valence-electron chi connectivity index (χ4n) is 4.07. The van der Waals surface area contributed by atoms with Crippen LogP contribution in [0.4, 0.5) is 5.69 Å². The maximum Gasteiger partial charge on any atom is 0.300 e. The van der Waals surface area contributed by atoms with Gasteiger partial charge in [0.25, 0.3) is 11.7 Å². The van der Waals surface area contributed by atoms with Crippen LogP contribution in [0.3, 0.4) is 0 Å². The average molecular weight is 492 g/mol. The molecule has 1 aliphatic rings. The summed E-state index contributed by atoms with van der Waals surface area (Å²) in [5.41, 5.74) is 1.48. The first-order valence-corrected chi connectivity index (χ1v) is 11.8. The van der Waals surface area contributed by atoms with Crippen LogP contribution in [0.5, 0.6) is 11.5 Å². The summed E-state index contributed by atoms with van der Waals surface area (Å²) in [5.74, 6) is -0.534. The maximum atomic E-state index is 13.3. The summed E-state index contributed by atoms with van der Waals surface area (Å²) in [5, 5.41) is 11.7. The molecule has 1 atom stereocenters. The Morgan fingerprint density at radius 2 is 1.69 bits per heavy atom. The molecule has 0 aliphatic carbocycles. The molecular formula is C28H26ClNO5. The number of ketones is 1. The molecule has 0 spiro atoms. The second-order valence-electron chi connectivity index (χ2n) is 8.03. The van der Waals surface area contributed by atoms with E-state index in [0.717, 1.165) is 6.42 Å². The summed E-state index contributed by atoms with van der Waals surface area (Å²) < 4.78 is 11.3. The van der Waals surface area contributed by atoms with Crippen LogP contribution in [0, 0.1) is 0 Å². The van der Waals surface area contributed by atoms with Crippen LogP contribution in [0.1, 0.15) is 37.4 Å². The number of ether oxygens (including phenoxy) is 2. The molecule has 7 heteroatoms. The Morgan fingerprint density at radius 1 is 0.943 bits per heavy atom. The molecule has 1 unspecified atom stereocenters. The molecule has 3 aromatic carbocycles. The fraction of sp³-hybridized carbons (Fsp3) is 0.214. The third-order valence-electron chi connectivity index (χ3n) is 5.62. The Morgan fingerprint density at radius 3 is 2.37 bits per heavy atom. The van der Waals surface area contributed by atoms with E-state index in [1.807, 2.05) is 13.8 Å². The highest BCUT2D eigenvalue weighted by Gasteiger charge is 2.47. The number of halogens is 1. The Hall–Kier alpha value is -3.77. The van der Waals surface area contributed by atoms with E-state index in [2.05, 4.69) is 0 Å². The van der Waals surface area contributed by atoms with Crippen molar-refractivity contribution >= 4 is 34.7 Å². The van der Waals surface area contributed by atoms with Crippen LogP contribution in [0.15, 0.2) is 78.4 Å². The molecule has 0 saturated carbocycles. The van der Waals surface area contributed by atoms with Crippen molar-refractivity contribution in [2.24, 2.45) is 0 Å². The summed E-state index contributed by atoms with van der Waals surface area (Å²) in [7, 11) is 0. The monoisotopic (exact) mass is 491 g/mol. The number of benzene rings is 3. The molecule has 1 aliphatic heterocycles. The summed E-state index contributed by atoms with van der Waals surface area (Å²) in [4.78, 5) is 27.9. The van der Waals surface area contributed by atoms with Crippen molar-refractivity contribution in [2.45, 2.75) is 26.3 Å². The van der Waals surface area contributed by atoms with Crippen molar-refractivity contribution < 1.29 is 24.2 Å². The number of carbonyl (C=O) groups is 2. The van der Waals surface area contributed by atoms with Gasteiger partial charge in [-0.05, 0) is 73.5 Å². The zero-order valence-electron chi connectivity index (χ0n) is 19.5. The molecular weight excluding hydrogens is 466 g/mol. The summed E-state index contributed by atoms with van der Waals surface area (Å²) >= 11 is 6.20. The predicted molar refractivity (Wildman–Crippen MR) is 136 cm³/mol. The van der Waals surface area contributed by atoms with Crippen molar-refractivity contribution in [1.29, 1.82) is 0 Å². The minimum atomic E-state index is -0.870. The zero-order chi connectivity index (χ0) is 24.9. The summed E-state index contributed by atoms with van der Waals surface area (Å²) in [6.45, 7) is 4.93. The van der Waals surface area contributed by atoms with Gasteiger partial charge in [0.15, 0.2) is 0 Å². The molecule has 1 amide bonds. The molecule has 0 radical (unpaired) electrons. The van der Waals surface area contributed by atoms with Gasteiger partial charge in [0.1, 0.15) is 17.3 Å². The van der Waals surface area contributed by atoms with Crippen molar-refractivity contribution in [2.75, 3.05) is 18.1 Å². The molecule has 1 fully saturated rings. The number of anilines is 1. The second kappa shape index (κ2) is 10.7. The third-order valence-corrected chi connectivity index (χ3v) is 5.85. The molecule has 1 saturated heterocycles. The van der Waals surface area contributed by atoms with E-state index >= 15 is 0 Å². The molecule has 35 heavy (non-hydrogen) atoms. The SMILES string of the molecule is CCCOc1ccc(/C(O)=C2\C(=O)C(=O)N(c3cccc(Cl)c3)C2c2cccc(OCC)c2)cc1. The number of aliphatic hydroxyl groups is 1. The molecule has 4 rings (SSSR count). The smallest absolute Gasteiger partial charge is 0.300 e. The van der Waals surface area contributed by atoms with E-state index in [0.29, 0.717) is 46.5 Å². The highest BCUT2D eigenvalue weighted by Crippen LogP contribution is 2.43. The first kappa shape index (κ1) is 24.4. The van der Waals surface area contributed by atoms with Gasteiger partial charge in [-0.15, -0.1) is 0 Å². The van der Waals surface area contributed by atoms with Gasteiger partial charge in [-0.1, -0.05) is 36.7 Å². The highest BCUT2D eigenvalue weighted by molar-refractivity contribution is 6.51. The lowest BCUT2D eigenvalue weighted by atomic mass is 9.95. The molecule has 1 N–H and O–H groups in total. The number of nitrogens with zero attached hydrogens (tertiary/aromatic N) is 1. The summed E-state index contributed by atoms with van der Waals surface area (Å²) in [6, 6.07) is 19.8. The Labute approximate surface area is 209 Å². The van der Waals surface area contributed by atoms with Gasteiger partial charge in [-0.25, -0.2) is 0 Å². The number of amides is 1. The van der Waals surface area contributed by atoms with Crippen molar-refractivity contribution in [1.82, 2.24) is 0 Å². The van der Waals surface area contributed by atoms with Gasteiger partial charge < -0.3 is 14.6 Å². The van der Waals surface area contributed by atoms with Crippen LogP contribution in [-0.4, -0.2) is 30.0 Å². The third kappa shape index (κ3) is 5.03. The predicted octanol–water partition coefficient (Wildman–Crippen LogP) is 6.15. The van der Waals surface area contributed by atoms with E-state index in [1.165, 1.54) is 4.90 Å². The standard InChI is InChI=1S/C28H26ClNO5/c1-3-15-35-22-13-11-18(12-14-22)26(31)24-25(19-7-5-10-23(16-19)34-4-2)30(28(33)27(24)32)21-9-6-8-20(29)17-21/h5-14,16-17,25,31H,3-4,15H2,1-2H3/b26-24+. The van der Waals surface area contributed by atoms with Gasteiger partial charge in [0.05, 0.1) is 24.8 Å². The molecule has 1 heterocycles. The number of rotatable bonds is 8. The van der Waals surface area contributed by atoms with Crippen LogP contribution in [0.2, 0.25) is 5.02 Å². The molecule has 6 nitrogen and oxygen atoms in total. The molecule has 3 aromatic rings. The number of hydrogen-bond donors (Lipinski definition) is 1. The summed E-state index contributed by atoms with van der Waals surface area (Å²) in [6.07, 6.45) is 0.871. The van der Waals surface area contributed by atoms with E-state index in [4.69, 9.17) is 21.1 Å². The van der Waals surface area contributed by atoms with Gasteiger partial charge >= 0.3 is 0 Å². The van der Waals surface area contributed by atoms with E-state index < -0.39 is 17.7 Å². The lowest BCUT2D eigenvalue weighted by Gasteiger charge is -2.26. The first-order valence-electron chi connectivity index (χ1n) is 11.5. The van der Waals surface area contributed by atoms with Gasteiger partial charge in [-0.3, -0.25) is 14.5 Å². The Kier molecular flexibility index (Phi) is 7.42. The van der Waals surface area contributed by atoms with E-state index in [1.54, 1.807) is 72.8 Å². The highest BCUT2D eigenvalue weighted by atomic mass is 35.5. The fourth-order valence-corrected chi connectivity index (χ4v) is 4.25. The van der Waals surface area contributed by atoms with Crippen molar-refractivity contribution in [3.8, 4) is 11.5 Å². The van der Waals surface area contributed by atoms with Gasteiger partial charge in [0.2, 0.25) is 0 Å². The number of Topliss-reactive ketones (excluding diaryl/α,β-unsaturated/α-hetero) is 1. The normalized spacial score (nSPS) is 17.0. The number of carbonyl (C=O) groups excluding carboxylic acids is 2. The Bertz CT molecular complexity index is 1270. The minimum Gasteiger partial charge on any atom is -0.507 e. The Balaban J connectivity index is 1.86. The number of aliphatic hydroxyl groups excluding tert-OH is 1. The van der Waals surface area contributed by atoms with Crippen LogP contribution < -0.4 is 14.4 Å². The first-order chi connectivity index (χ1) is 16.9. The molecule has 180 valence electrons. The average Bonchev–Trinajstić information content (AvgIpc) is 3.13. The van der Waals surface area contributed by atoms with Crippen molar-refractivity contribution in [3.63, 3.8) is 0 Å². The largest absolute Gasteiger partial charge is 0.507 e. The van der Waals surface area contributed by atoms with E-state index in [9.17, 15) is 14.7 Å². The molecule has 0 aromatic heterocycles. The van der Waals surface area contributed by atoms with Crippen molar-refractivity contribution in [3.05, 3.63) is 94.5 Å². The van der Waals surface area contributed by atoms with Gasteiger partial charge in [-0.2, -0.15) is 0 Å². The maximum absolute atomic E-state index is 13.3. The lowest BCUT2D eigenvalue weighted by molar-refractivity contribution is -0.132. The topological polar surface area (TPSA) is 76.1 Å². The quantitative estimate of drug-likeness (QED) is 0.232.